The highest BCUT2D eigenvalue weighted by Gasteiger charge is 2.08. The van der Waals surface area contributed by atoms with Crippen LogP contribution in [0.4, 0.5) is 0 Å². The van der Waals surface area contributed by atoms with Gasteiger partial charge in [0.25, 0.3) is 0 Å². The van der Waals surface area contributed by atoms with Gasteiger partial charge in [-0.1, -0.05) is 32.0 Å². The molecule has 0 saturated carbocycles. The van der Waals surface area contributed by atoms with Gasteiger partial charge in [-0.15, -0.1) is 0 Å². The van der Waals surface area contributed by atoms with Crippen molar-refractivity contribution in [3.63, 3.8) is 0 Å². The second kappa shape index (κ2) is 10.2. The van der Waals surface area contributed by atoms with E-state index in [4.69, 9.17) is 4.74 Å². The van der Waals surface area contributed by atoms with E-state index >= 15 is 0 Å². The fraction of sp³-hybridized carbons (Fsp3) is 0.588. The van der Waals surface area contributed by atoms with Crippen LogP contribution in [0.1, 0.15) is 33.1 Å². The molecule has 118 valence electrons. The number of hydrogen-bond donors (Lipinski definition) is 1. The summed E-state index contributed by atoms with van der Waals surface area (Å²) in [6.45, 7) is 6.50. The predicted molar refractivity (Wildman–Crippen MR) is 86.6 cm³/mol. The smallest absolute Gasteiger partial charge is 0.222 e. The van der Waals surface area contributed by atoms with Gasteiger partial charge < -0.3 is 15.0 Å². The van der Waals surface area contributed by atoms with Gasteiger partial charge >= 0.3 is 0 Å². The van der Waals surface area contributed by atoms with E-state index in [2.05, 4.69) is 19.2 Å². The Morgan fingerprint density at radius 3 is 2.62 bits per heavy atom. The fourth-order valence-corrected chi connectivity index (χ4v) is 1.95. The van der Waals surface area contributed by atoms with Crippen LogP contribution in [-0.4, -0.2) is 43.6 Å². The number of nitrogens with one attached hydrogen (secondary N) is 1. The van der Waals surface area contributed by atoms with Crippen molar-refractivity contribution >= 4 is 5.91 Å². The lowest BCUT2D eigenvalue weighted by molar-refractivity contribution is -0.130. The van der Waals surface area contributed by atoms with Gasteiger partial charge in [0, 0.05) is 26.1 Å². The molecule has 1 rings (SSSR count). The maximum Gasteiger partial charge on any atom is 0.222 e. The summed E-state index contributed by atoms with van der Waals surface area (Å²) >= 11 is 0. The standard InChI is InChI=1S/C17H28N2O2/c1-15(2)18-12-7-11-17(20)19(3)13-8-14-21-16-9-5-4-6-10-16/h4-6,9-10,15,18H,7-8,11-14H2,1-3H3. The predicted octanol–water partition coefficient (Wildman–Crippen LogP) is 2.69. The minimum Gasteiger partial charge on any atom is -0.494 e. The fourth-order valence-electron chi connectivity index (χ4n) is 1.95. The van der Waals surface area contributed by atoms with Crippen LogP contribution in [0.15, 0.2) is 30.3 Å². The molecule has 1 amide bonds. The van der Waals surface area contributed by atoms with Crippen LogP contribution in [0.2, 0.25) is 0 Å². The molecule has 0 atom stereocenters. The first-order valence-corrected chi connectivity index (χ1v) is 7.75. The van der Waals surface area contributed by atoms with Crippen LogP contribution in [0.3, 0.4) is 0 Å². The van der Waals surface area contributed by atoms with E-state index < -0.39 is 0 Å². The van der Waals surface area contributed by atoms with Gasteiger partial charge in [0.1, 0.15) is 5.75 Å². The summed E-state index contributed by atoms with van der Waals surface area (Å²) in [5.74, 6) is 1.09. The summed E-state index contributed by atoms with van der Waals surface area (Å²) in [5.41, 5.74) is 0. The van der Waals surface area contributed by atoms with E-state index in [9.17, 15) is 4.79 Å². The van der Waals surface area contributed by atoms with Crippen LogP contribution in [0.25, 0.3) is 0 Å². The zero-order chi connectivity index (χ0) is 15.5. The molecule has 1 N–H and O–H groups in total. The zero-order valence-corrected chi connectivity index (χ0v) is 13.5. The van der Waals surface area contributed by atoms with Crippen molar-refractivity contribution in [3.05, 3.63) is 30.3 Å². The molecule has 0 aromatic heterocycles. The molecule has 1 aromatic carbocycles. The number of carbonyl (C=O) groups is 1. The van der Waals surface area contributed by atoms with Gasteiger partial charge in [-0.2, -0.15) is 0 Å². The third kappa shape index (κ3) is 8.35. The second-order valence-corrected chi connectivity index (χ2v) is 5.54. The summed E-state index contributed by atoms with van der Waals surface area (Å²) in [6, 6.07) is 10.2. The molecule has 1 aromatic rings. The van der Waals surface area contributed by atoms with Gasteiger partial charge in [0.05, 0.1) is 6.61 Å². The Balaban J connectivity index is 2.07. The van der Waals surface area contributed by atoms with Crippen molar-refractivity contribution in [2.45, 2.75) is 39.2 Å². The van der Waals surface area contributed by atoms with Gasteiger partial charge in [0.2, 0.25) is 5.91 Å². The van der Waals surface area contributed by atoms with Crippen LogP contribution in [0, 0.1) is 0 Å². The maximum atomic E-state index is 11.9. The van der Waals surface area contributed by atoms with Gasteiger partial charge in [-0.25, -0.2) is 0 Å². The van der Waals surface area contributed by atoms with Crippen molar-refractivity contribution in [3.8, 4) is 5.75 Å². The molecule has 0 aliphatic carbocycles. The Kier molecular flexibility index (Phi) is 8.51. The lowest BCUT2D eigenvalue weighted by atomic mass is 10.2. The number of amides is 1. The van der Waals surface area contributed by atoms with Crippen LogP contribution in [-0.2, 0) is 4.79 Å². The molecule has 0 heterocycles. The molecule has 4 nitrogen and oxygen atoms in total. The molecule has 0 radical (unpaired) electrons. The summed E-state index contributed by atoms with van der Waals surface area (Å²) < 4.78 is 5.61. The second-order valence-electron chi connectivity index (χ2n) is 5.54. The minimum atomic E-state index is 0.209. The molecule has 0 aliphatic rings. The number of rotatable bonds is 10. The number of para-hydroxylation sites is 1. The maximum absolute atomic E-state index is 11.9. The number of hydrogen-bond acceptors (Lipinski definition) is 3. The molecule has 0 fully saturated rings. The lowest BCUT2D eigenvalue weighted by Gasteiger charge is -2.17. The first kappa shape index (κ1) is 17.5. The topological polar surface area (TPSA) is 41.6 Å². The van der Waals surface area contributed by atoms with Crippen molar-refractivity contribution in [1.82, 2.24) is 10.2 Å². The van der Waals surface area contributed by atoms with Gasteiger partial charge in [0.15, 0.2) is 0 Å². The van der Waals surface area contributed by atoms with E-state index in [0.717, 1.165) is 31.7 Å². The molecule has 4 heteroatoms. The SMILES string of the molecule is CC(C)NCCCC(=O)N(C)CCCOc1ccccc1. The molecule has 0 saturated heterocycles. The highest BCUT2D eigenvalue weighted by atomic mass is 16.5. The minimum absolute atomic E-state index is 0.209. The van der Waals surface area contributed by atoms with Crippen LogP contribution >= 0.6 is 0 Å². The Labute approximate surface area is 128 Å². The monoisotopic (exact) mass is 292 g/mol. The molecule has 0 bridgehead atoms. The largest absolute Gasteiger partial charge is 0.494 e. The van der Waals surface area contributed by atoms with E-state index in [0.29, 0.717) is 19.1 Å². The van der Waals surface area contributed by atoms with E-state index in [1.807, 2.05) is 37.4 Å². The summed E-state index contributed by atoms with van der Waals surface area (Å²) in [6.07, 6.45) is 2.35. The molecule has 21 heavy (non-hydrogen) atoms. The Morgan fingerprint density at radius 2 is 1.95 bits per heavy atom. The highest BCUT2D eigenvalue weighted by molar-refractivity contribution is 5.75. The molecular weight excluding hydrogens is 264 g/mol. The quantitative estimate of drug-likeness (QED) is 0.674. The summed E-state index contributed by atoms with van der Waals surface area (Å²) in [4.78, 5) is 13.7. The molecular formula is C17H28N2O2. The average Bonchev–Trinajstić information content (AvgIpc) is 2.48. The van der Waals surface area contributed by atoms with Gasteiger partial charge in [-0.05, 0) is 31.5 Å². The number of nitrogens with zero attached hydrogens (tertiary/aromatic N) is 1. The van der Waals surface area contributed by atoms with Crippen molar-refractivity contribution in [2.75, 3.05) is 26.7 Å². The first-order valence-electron chi connectivity index (χ1n) is 7.75. The Bertz CT molecular complexity index is 393. The van der Waals surface area contributed by atoms with Crippen molar-refractivity contribution in [1.29, 1.82) is 0 Å². The Morgan fingerprint density at radius 1 is 1.24 bits per heavy atom. The van der Waals surface area contributed by atoms with E-state index in [-0.39, 0.29) is 5.91 Å². The Hall–Kier alpha value is -1.55. The lowest BCUT2D eigenvalue weighted by Crippen LogP contribution is -2.30. The van der Waals surface area contributed by atoms with E-state index in [1.54, 1.807) is 4.90 Å². The summed E-state index contributed by atoms with van der Waals surface area (Å²) in [7, 11) is 1.86. The molecule has 0 spiro atoms. The summed E-state index contributed by atoms with van der Waals surface area (Å²) in [5, 5.41) is 3.32. The van der Waals surface area contributed by atoms with Crippen molar-refractivity contribution in [2.24, 2.45) is 0 Å². The number of ether oxygens (including phenoxy) is 1. The van der Waals surface area contributed by atoms with Crippen molar-refractivity contribution < 1.29 is 9.53 Å². The third-order valence-corrected chi connectivity index (χ3v) is 3.20. The first-order chi connectivity index (χ1) is 10.1. The highest BCUT2D eigenvalue weighted by Crippen LogP contribution is 2.08. The average molecular weight is 292 g/mol. The number of carbonyl (C=O) groups excluding carboxylic acids is 1. The van der Waals surface area contributed by atoms with Gasteiger partial charge in [-0.3, -0.25) is 4.79 Å². The third-order valence-electron chi connectivity index (χ3n) is 3.20. The number of benzene rings is 1. The molecule has 0 unspecified atom stereocenters. The van der Waals surface area contributed by atoms with Crippen LogP contribution < -0.4 is 10.1 Å². The van der Waals surface area contributed by atoms with E-state index in [1.165, 1.54) is 0 Å². The van der Waals surface area contributed by atoms with Crippen LogP contribution in [0.5, 0.6) is 5.75 Å². The normalized spacial score (nSPS) is 10.7. The zero-order valence-electron chi connectivity index (χ0n) is 13.5. The molecule has 0 aliphatic heterocycles.